The van der Waals surface area contributed by atoms with Gasteiger partial charge in [-0.2, -0.15) is 0 Å². The van der Waals surface area contributed by atoms with Crippen LogP contribution < -0.4 is 11.1 Å². The van der Waals surface area contributed by atoms with Gasteiger partial charge >= 0.3 is 6.09 Å². The van der Waals surface area contributed by atoms with Gasteiger partial charge in [-0.05, 0) is 18.2 Å². The number of imide groups is 1. The van der Waals surface area contributed by atoms with Crippen LogP contribution in [0.15, 0.2) is 23.1 Å². The van der Waals surface area contributed by atoms with Crippen LogP contribution in [0.2, 0.25) is 0 Å². The number of amides is 2. The van der Waals surface area contributed by atoms with E-state index >= 15 is 0 Å². The van der Waals surface area contributed by atoms with Gasteiger partial charge in [0.15, 0.2) is 0 Å². The van der Waals surface area contributed by atoms with Crippen LogP contribution in [0.5, 0.6) is 0 Å². The van der Waals surface area contributed by atoms with E-state index in [1.165, 1.54) is 18.2 Å². The summed E-state index contributed by atoms with van der Waals surface area (Å²) in [4.78, 5) is 22.2. The molecule has 1 aromatic rings. The summed E-state index contributed by atoms with van der Waals surface area (Å²) in [6, 6.07) is 4.17. The molecule has 17 heavy (non-hydrogen) atoms. The standard InChI is InChI=1S/C10H11FN2O3S/c1-16-10(15)13-9(14)5-17-8-3-2-6(12)4-7(8)11/h2-4H,5,12H2,1H3,(H,13,14,15). The number of carbonyl (C=O) groups is 2. The highest BCUT2D eigenvalue weighted by atomic mass is 32.2. The van der Waals surface area contributed by atoms with Crippen LogP contribution >= 0.6 is 11.8 Å². The average Bonchev–Trinajstić information content (AvgIpc) is 2.27. The van der Waals surface area contributed by atoms with E-state index in [2.05, 4.69) is 4.74 Å². The first kappa shape index (κ1) is 13.3. The van der Waals surface area contributed by atoms with Crippen LogP contribution in [0.25, 0.3) is 0 Å². The Balaban J connectivity index is 2.50. The number of alkyl carbamates (subject to hydrolysis) is 1. The number of rotatable bonds is 3. The Labute approximate surface area is 102 Å². The summed E-state index contributed by atoms with van der Waals surface area (Å²) in [6.07, 6.45) is -0.839. The number of hydrogen-bond donors (Lipinski definition) is 2. The number of thioether (sulfide) groups is 1. The van der Waals surface area contributed by atoms with E-state index in [9.17, 15) is 14.0 Å². The third-order valence-corrected chi connectivity index (χ3v) is 2.79. The number of hydrogen-bond acceptors (Lipinski definition) is 5. The summed E-state index contributed by atoms with van der Waals surface area (Å²) in [5.74, 6) is -1.14. The van der Waals surface area contributed by atoms with Crippen LogP contribution in [-0.2, 0) is 9.53 Å². The molecule has 92 valence electrons. The van der Waals surface area contributed by atoms with Gasteiger partial charge in [-0.1, -0.05) is 0 Å². The average molecular weight is 258 g/mol. The molecule has 0 aromatic heterocycles. The summed E-state index contributed by atoms with van der Waals surface area (Å²) < 4.78 is 17.5. The van der Waals surface area contributed by atoms with Gasteiger partial charge in [-0.25, -0.2) is 9.18 Å². The fourth-order valence-electron chi connectivity index (χ4n) is 0.978. The van der Waals surface area contributed by atoms with Crippen molar-refractivity contribution in [3.05, 3.63) is 24.0 Å². The molecule has 0 saturated carbocycles. The first-order chi connectivity index (χ1) is 8.02. The number of ether oxygens (including phenoxy) is 1. The van der Waals surface area contributed by atoms with Gasteiger partial charge in [0.05, 0.1) is 12.9 Å². The summed E-state index contributed by atoms with van der Waals surface area (Å²) in [5, 5.41) is 1.96. The molecular weight excluding hydrogens is 247 g/mol. The van der Waals surface area contributed by atoms with Crippen molar-refractivity contribution in [3.63, 3.8) is 0 Å². The topological polar surface area (TPSA) is 81.4 Å². The van der Waals surface area contributed by atoms with Crippen LogP contribution in [0.3, 0.4) is 0 Å². The Morgan fingerprint density at radius 3 is 2.82 bits per heavy atom. The zero-order valence-corrected chi connectivity index (χ0v) is 9.84. The number of nitrogen functional groups attached to an aromatic ring is 1. The lowest BCUT2D eigenvalue weighted by Gasteiger charge is -2.04. The van der Waals surface area contributed by atoms with Gasteiger partial charge in [0.1, 0.15) is 5.82 Å². The summed E-state index contributed by atoms with van der Waals surface area (Å²) >= 11 is 0.966. The Morgan fingerprint density at radius 2 is 2.24 bits per heavy atom. The van der Waals surface area contributed by atoms with Gasteiger partial charge in [0.25, 0.3) is 0 Å². The number of halogens is 1. The van der Waals surface area contributed by atoms with Gasteiger partial charge < -0.3 is 10.5 Å². The van der Waals surface area contributed by atoms with E-state index in [4.69, 9.17) is 5.73 Å². The lowest BCUT2D eigenvalue weighted by Crippen LogP contribution is -2.31. The molecule has 1 rings (SSSR count). The first-order valence-corrected chi connectivity index (χ1v) is 5.57. The molecule has 5 nitrogen and oxygen atoms in total. The van der Waals surface area contributed by atoms with Crippen molar-refractivity contribution >= 4 is 29.4 Å². The minimum Gasteiger partial charge on any atom is -0.453 e. The molecule has 0 heterocycles. The summed E-state index contributed by atoms with van der Waals surface area (Å²) in [7, 11) is 1.15. The second kappa shape index (κ2) is 6.09. The van der Waals surface area contributed by atoms with Crippen molar-refractivity contribution in [2.45, 2.75) is 4.90 Å². The first-order valence-electron chi connectivity index (χ1n) is 4.58. The molecule has 0 aliphatic rings. The fraction of sp³-hybridized carbons (Fsp3) is 0.200. The third kappa shape index (κ3) is 4.31. The lowest BCUT2D eigenvalue weighted by molar-refractivity contribution is -0.117. The number of methoxy groups -OCH3 is 1. The Morgan fingerprint density at radius 1 is 1.53 bits per heavy atom. The molecule has 0 fully saturated rings. The second-order valence-electron chi connectivity index (χ2n) is 3.02. The largest absolute Gasteiger partial charge is 0.453 e. The van der Waals surface area contributed by atoms with Gasteiger partial charge in [0.2, 0.25) is 5.91 Å². The zero-order chi connectivity index (χ0) is 12.8. The highest BCUT2D eigenvalue weighted by molar-refractivity contribution is 8.00. The van der Waals surface area contributed by atoms with Gasteiger partial charge in [0, 0.05) is 10.6 Å². The lowest BCUT2D eigenvalue weighted by atomic mass is 10.3. The molecule has 0 bridgehead atoms. The normalized spacial score (nSPS) is 9.76. The highest BCUT2D eigenvalue weighted by Gasteiger charge is 2.10. The molecule has 0 atom stereocenters. The molecule has 0 aliphatic carbocycles. The van der Waals surface area contributed by atoms with E-state index in [0.29, 0.717) is 10.6 Å². The second-order valence-corrected chi connectivity index (χ2v) is 4.04. The van der Waals surface area contributed by atoms with Crippen molar-refractivity contribution in [1.82, 2.24) is 5.32 Å². The van der Waals surface area contributed by atoms with Crippen molar-refractivity contribution < 1.29 is 18.7 Å². The third-order valence-electron chi connectivity index (χ3n) is 1.74. The maximum atomic E-state index is 13.3. The van der Waals surface area contributed by atoms with Gasteiger partial charge in [-0.3, -0.25) is 10.1 Å². The van der Waals surface area contributed by atoms with Crippen LogP contribution in [0, 0.1) is 5.82 Å². The molecular formula is C10H11FN2O3S. The molecule has 0 spiro atoms. The Bertz CT molecular complexity index is 440. The predicted octanol–water partition coefficient (Wildman–Crippen LogP) is 1.38. The Kier molecular flexibility index (Phi) is 4.77. The fourth-order valence-corrected chi connectivity index (χ4v) is 1.70. The minimum atomic E-state index is -0.839. The predicted molar refractivity (Wildman–Crippen MR) is 62.1 cm³/mol. The molecule has 0 unspecified atom stereocenters. The monoisotopic (exact) mass is 258 g/mol. The van der Waals surface area contributed by atoms with E-state index in [1.807, 2.05) is 5.32 Å². The number of carbonyl (C=O) groups excluding carboxylic acids is 2. The smallest absolute Gasteiger partial charge is 0.413 e. The maximum Gasteiger partial charge on any atom is 0.413 e. The Hall–Kier alpha value is -1.76. The van der Waals surface area contributed by atoms with Crippen LogP contribution in [0.1, 0.15) is 0 Å². The quantitative estimate of drug-likeness (QED) is 0.632. The van der Waals surface area contributed by atoms with Crippen molar-refractivity contribution in [3.8, 4) is 0 Å². The number of nitrogens with two attached hydrogens (primary N) is 1. The minimum absolute atomic E-state index is 0.0874. The van der Waals surface area contributed by atoms with E-state index < -0.39 is 17.8 Å². The van der Waals surface area contributed by atoms with Crippen LogP contribution in [-0.4, -0.2) is 24.9 Å². The van der Waals surface area contributed by atoms with E-state index in [-0.39, 0.29) is 5.75 Å². The molecule has 1 aromatic carbocycles. The SMILES string of the molecule is COC(=O)NC(=O)CSc1ccc(N)cc1F. The summed E-state index contributed by atoms with van der Waals surface area (Å²) in [5.41, 5.74) is 5.69. The number of nitrogens with one attached hydrogen (secondary N) is 1. The number of benzene rings is 1. The van der Waals surface area contributed by atoms with E-state index in [1.54, 1.807) is 0 Å². The van der Waals surface area contributed by atoms with Crippen molar-refractivity contribution in [2.75, 3.05) is 18.6 Å². The van der Waals surface area contributed by atoms with Gasteiger partial charge in [-0.15, -0.1) is 11.8 Å². The molecule has 0 saturated heterocycles. The number of anilines is 1. The van der Waals surface area contributed by atoms with Crippen molar-refractivity contribution in [1.29, 1.82) is 0 Å². The highest BCUT2D eigenvalue weighted by Crippen LogP contribution is 2.23. The molecule has 2 amide bonds. The van der Waals surface area contributed by atoms with E-state index in [0.717, 1.165) is 18.9 Å². The maximum absolute atomic E-state index is 13.3. The summed E-state index contributed by atoms with van der Waals surface area (Å²) in [6.45, 7) is 0. The van der Waals surface area contributed by atoms with Crippen LogP contribution in [0.4, 0.5) is 14.9 Å². The molecule has 0 aliphatic heterocycles. The molecule has 7 heteroatoms. The molecule has 0 radical (unpaired) electrons. The van der Waals surface area contributed by atoms with Crippen molar-refractivity contribution in [2.24, 2.45) is 0 Å². The molecule has 3 N–H and O–H groups in total. The zero-order valence-electron chi connectivity index (χ0n) is 9.03.